The molecule has 1 rings (SSSR count). The second kappa shape index (κ2) is 5.47. The van der Waals surface area contributed by atoms with E-state index in [2.05, 4.69) is 9.97 Å². The molecule has 0 saturated heterocycles. The summed E-state index contributed by atoms with van der Waals surface area (Å²) >= 11 is 0. The van der Waals surface area contributed by atoms with Crippen LogP contribution in [0.15, 0.2) is 18.5 Å². The third kappa shape index (κ3) is 6.23. The van der Waals surface area contributed by atoms with Crippen molar-refractivity contribution in [3.05, 3.63) is 18.5 Å². The van der Waals surface area contributed by atoms with Crippen molar-refractivity contribution in [2.24, 2.45) is 0 Å². The smallest absolute Gasteiger partial charge is 0.414 e. The Labute approximate surface area is 72.9 Å². The van der Waals surface area contributed by atoms with Gasteiger partial charge in [0.25, 0.3) is 0 Å². The molecule has 7 heteroatoms. The van der Waals surface area contributed by atoms with E-state index in [4.69, 9.17) is 25.5 Å². The van der Waals surface area contributed by atoms with Gasteiger partial charge in [-0.2, -0.15) is 0 Å². The summed E-state index contributed by atoms with van der Waals surface area (Å²) in [4.78, 5) is 25.5. The first-order chi connectivity index (χ1) is 6.04. The highest BCUT2D eigenvalue weighted by molar-refractivity contribution is 6.27. The molecule has 1 aromatic heterocycles. The number of aromatic nitrogens is 2. The highest BCUT2D eigenvalue weighted by Gasteiger charge is 2.04. The van der Waals surface area contributed by atoms with Crippen molar-refractivity contribution in [3.8, 4) is 0 Å². The van der Waals surface area contributed by atoms with Gasteiger partial charge in [-0.3, -0.25) is 0 Å². The van der Waals surface area contributed by atoms with Gasteiger partial charge < -0.3 is 15.9 Å². The maximum Gasteiger partial charge on any atom is 0.414 e. The molecule has 0 atom stereocenters. The lowest BCUT2D eigenvalue weighted by Crippen LogP contribution is -2.09. The Morgan fingerprint density at radius 1 is 1.15 bits per heavy atom. The van der Waals surface area contributed by atoms with Crippen molar-refractivity contribution < 1.29 is 19.8 Å². The van der Waals surface area contributed by atoms with Crippen LogP contribution in [0.25, 0.3) is 0 Å². The minimum Gasteiger partial charge on any atom is -0.473 e. The highest BCUT2D eigenvalue weighted by atomic mass is 16.4. The summed E-state index contributed by atoms with van der Waals surface area (Å²) in [6.45, 7) is 0. The number of nitrogens with zero attached hydrogens (tertiary/aromatic N) is 2. The van der Waals surface area contributed by atoms with E-state index in [0.717, 1.165) is 0 Å². The Hall–Kier alpha value is -2.18. The highest BCUT2D eigenvalue weighted by Crippen LogP contribution is 1.81. The second-order valence-electron chi connectivity index (χ2n) is 1.72. The number of aliphatic carboxylic acids is 2. The number of hydrogen-bond donors (Lipinski definition) is 3. The average Bonchev–Trinajstić information content (AvgIpc) is 2.06. The molecule has 1 heterocycles. The molecule has 0 saturated carbocycles. The molecule has 1 aromatic rings. The molecular weight excluding hydrogens is 178 g/mol. The van der Waals surface area contributed by atoms with Crippen molar-refractivity contribution in [2.75, 3.05) is 5.73 Å². The van der Waals surface area contributed by atoms with Crippen LogP contribution in [0.4, 0.5) is 5.95 Å². The molecule has 0 unspecified atom stereocenters. The summed E-state index contributed by atoms with van der Waals surface area (Å²) in [6.07, 6.45) is 3.20. The van der Waals surface area contributed by atoms with E-state index in [1.54, 1.807) is 18.5 Å². The molecular formula is C6H7N3O4. The van der Waals surface area contributed by atoms with Gasteiger partial charge in [-0.25, -0.2) is 19.6 Å². The van der Waals surface area contributed by atoms with Crippen LogP contribution in [0.3, 0.4) is 0 Å². The van der Waals surface area contributed by atoms with Crippen molar-refractivity contribution in [2.45, 2.75) is 0 Å². The van der Waals surface area contributed by atoms with Gasteiger partial charge in [0.2, 0.25) is 5.95 Å². The fraction of sp³-hybridized carbons (Fsp3) is 0. The molecule has 7 nitrogen and oxygen atoms in total. The molecule has 13 heavy (non-hydrogen) atoms. The van der Waals surface area contributed by atoms with Crippen molar-refractivity contribution >= 4 is 17.9 Å². The quantitative estimate of drug-likeness (QED) is 0.452. The van der Waals surface area contributed by atoms with E-state index in [9.17, 15) is 0 Å². The molecule has 0 radical (unpaired) electrons. The number of carboxylic acid groups (broad SMARTS) is 2. The fourth-order valence-electron chi connectivity index (χ4n) is 0.311. The van der Waals surface area contributed by atoms with Gasteiger partial charge in [0, 0.05) is 12.4 Å². The third-order valence-corrected chi connectivity index (χ3v) is 0.769. The Kier molecular flexibility index (Phi) is 4.55. The van der Waals surface area contributed by atoms with Crippen LogP contribution in [0.5, 0.6) is 0 Å². The predicted octanol–water partition coefficient (Wildman–Crippen LogP) is -0.786. The molecule has 0 amide bonds. The number of carbonyl (C=O) groups is 2. The van der Waals surface area contributed by atoms with Gasteiger partial charge in [0.05, 0.1) is 0 Å². The van der Waals surface area contributed by atoms with Crippen molar-refractivity contribution in [1.29, 1.82) is 0 Å². The lowest BCUT2D eigenvalue weighted by Gasteiger charge is -1.82. The van der Waals surface area contributed by atoms with E-state index in [1.807, 2.05) is 0 Å². The molecule has 0 aliphatic rings. The summed E-state index contributed by atoms with van der Waals surface area (Å²) in [5.41, 5.74) is 5.14. The minimum absolute atomic E-state index is 0.322. The first kappa shape index (κ1) is 10.8. The van der Waals surface area contributed by atoms with Crippen molar-refractivity contribution in [3.63, 3.8) is 0 Å². The van der Waals surface area contributed by atoms with Gasteiger partial charge >= 0.3 is 11.9 Å². The summed E-state index contributed by atoms with van der Waals surface area (Å²) in [7, 11) is 0. The normalized spacial score (nSPS) is 8.00. The standard InChI is InChI=1S/C4H5N3.C2H2O4/c5-4-6-2-1-3-7-4;3-1(4)2(5)6/h1-3H,(H2,5,6,7);(H,3,4)(H,5,6). The first-order valence-electron chi connectivity index (χ1n) is 3.02. The third-order valence-electron chi connectivity index (χ3n) is 0.769. The SMILES string of the molecule is Nc1ncccn1.O=C(O)C(=O)O. The van der Waals surface area contributed by atoms with Gasteiger partial charge in [-0.05, 0) is 6.07 Å². The van der Waals surface area contributed by atoms with Gasteiger partial charge in [0.15, 0.2) is 0 Å². The maximum absolute atomic E-state index is 9.10. The molecule has 0 aromatic carbocycles. The molecule has 0 aliphatic heterocycles. The Balaban J connectivity index is 0.000000226. The van der Waals surface area contributed by atoms with Gasteiger partial charge in [-0.1, -0.05) is 0 Å². The van der Waals surface area contributed by atoms with Crippen LogP contribution >= 0.6 is 0 Å². The van der Waals surface area contributed by atoms with E-state index >= 15 is 0 Å². The summed E-state index contributed by atoms with van der Waals surface area (Å²) in [6, 6.07) is 1.72. The van der Waals surface area contributed by atoms with Crippen LogP contribution in [-0.2, 0) is 9.59 Å². The molecule has 0 fully saturated rings. The van der Waals surface area contributed by atoms with Gasteiger partial charge in [-0.15, -0.1) is 0 Å². The zero-order valence-electron chi connectivity index (χ0n) is 6.41. The zero-order chi connectivity index (χ0) is 10.3. The average molecular weight is 185 g/mol. The Morgan fingerprint density at radius 3 is 1.69 bits per heavy atom. The van der Waals surface area contributed by atoms with Crippen LogP contribution in [0.2, 0.25) is 0 Å². The maximum atomic E-state index is 9.10. The lowest BCUT2D eigenvalue weighted by atomic mass is 10.7. The number of nitrogens with two attached hydrogens (primary N) is 1. The van der Waals surface area contributed by atoms with Crippen molar-refractivity contribution in [1.82, 2.24) is 9.97 Å². The number of nitrogen functional groups attached to an aromatic ring is 1. The van der Waals surface area contributed by atoms with Gasteiger partial charge in [0.1, 0.15) is 0 Å². The monoisotopic (exact) mass is 185 g/mol. The Bertz CT molecular complexity index is 275. The Morgan fingerprint density at radius 2 is 1.54 bits per heavy atom. The predicted molar refractivity (Wildman–Crippen MR) is 41.7 cm³/mol. The topological polar surface area (TPSA) is 126 Å². The molecule has 0 bridgehead atoms. The van der Waals surface area contributed by atoms with E-state index < -0.39 is 11.9 Å². The van der Waals surface area contributed by atoms with E-state index in [1.165, 1.54) is 0 Å². The number of rotatable bonds is 0. The molecule has 70 valence electrons. The summed E-state index contributed by atoms with van der Waals surface area (Å²) in [5.74, 6) is -3.33. The minimum atomic E-state index is -1.82. The molecule has 0 spiro atoms. The second-order valence-corrected chi connectivity index (χ2v) is 1.72. The summed E-state index contributed by atoms with van der Waals surface area (Å²) in [5, 5.41) is 14.8. The zero-order valence-corrected chi connectivity index (χ0v) is 6.41. The molecule has 4 N–H and O–H groups in total. The largest absolute Gasteiger partial charge is 0.473 e. The molecule has 0 aliphatic carbocycles. The van der Waals surface area contributed by atoms with Crippen LogP contribution in [0, 0.1) is 0 Å². The van der Waals surface area contributed by atoms with E-state index in [0.29, 0.717) is 5.95 Å². The summed E-state index contributed by atoms with van der Waals surface area (Å²) < 4.78 is 0. The van der Waals surface area contributed by atoms with Crippen LogP contribution in [0.1, 0.15) is 0 Å². The fourth-order valence-corrected chi connectivity index (χ4v) is 0.311. The lowest BCUT2D eigenvalue weighted by molar-refractivity contribution is -0.159. The number of hydrogen-bond acceptors (Lipinski definition) is 5. The number of carboxylic acids is 2. The van der Waals surface area contributed by atoms with Crippen LogP contribution in [-0.4, -0.2) is 32.1 Å². The number of anilines is 1. The van der Waals surface area contributed by atoms with E-state index in [-0.39, 0.29) is 0 Å². The van der Waals surface area contributed by atoms with Crippen LogP contribution < -0.4 is 5.73 Å². The first-order valence-corrected chi connectivity index (χ1v) is 3.02.